The number of ether oxygens (including phenoxy) is 1. The Labute approximate surface area is 157 Å². The Balaban J connectivity index is 1.91. The maximum Gasteiger partial charge on any atom is 0.319 e. The number of methoxy groups -OCH3 is 1. The summed E-state index contributed by atoms with van der Waals surface area (Å²) < 4.78 is 7.26. The van der Waals surface area contributed by atoms with Gasteiger partial charge in [-0.15, -0.1) is 0 Å². The number of carbonyl (C=O) groups excluding carboxylic acids is 2. The molecule has 27 heavy (non-hydrogen) atoms. The van der Waals surface area contributed by atoms with Crippen LogP contribution in [0.2, 0.25) is 0 Å². The van der Waals surface area contributed by atoms with Crippen molar-refractivity contribution in [2.75, 3.05) is 13.7 Å². The molecule has 1 saturated carbocycles. The molecule has 1 aromatic carbocycles. The predicted octanol–water partition coefficient (Wildman–Crippen LogP) is 1.69. The van der Waals surface area contributed by atoms with Crippen molar-refractivity contribution in [1.29, 1.82) is 0 Å². The number of aromatic nitrogens is 1. The molecule has 0 saturated heterocycles. The highest BCUT2D eigenvalue weighted by molar-refractivity contribution is 5.94. The molecule has 5 atom stereocenters. The lowest BCUT2D eigenvalue weighted by Crippen LogP contribution is -2.65. The third kappa shape index (κ3) is 1.97. The summed E-state index contributed by atoms with van der Waals surface area (Å²) in [5, 5.41) is 15.8. The van der Waals surface area contributed by atoms with Crippen LogP contribution in [0.25, 0.3) is 10.9 Å². The van der Waals surface area contributed by atoms with E-state index in [2.05, 4.69) is 11.4 Å². The summed E-state index contributed by atoms with van der Waals surface area (Å²) in [7, 11) is 1.41. The molecule has 1 fully saturated rings. The second-order valence-corrected chi connectivity index (χ2v) is 8.19. The minimum Gasteiger partial charge on any atom is -0.468 e. The second-order valence-electron chi connectivity index (χ2n) is 8.19. The van der Waals surface area contributed by atoms with E-state index in [0.29, 0.717) is 19.4 Å². The Kier molecular flexibility index (Phi) is 3.55. The number of rotatable bonds is 2. The maximum absolute atomic E-state index is 13.3. The van der Waals surface area contributed by atoms with E-state index in [4.69, 9.17) is 4.74 Å². The van der Waals surface area contributed by atoms with Gasteiger partial charge in [0.15, 0.2) is 0 Å². The van der Waals surface area contributed by atoms with Crippen LogP contribution in [0.15, 0.2) is 24.3 Å². The van der Waals surface area contributed by atoms with Crippen molar-refractivity contribution in [2.45, 2.75) is 43.9 Å². The molecular weight excluding hydrogens is 344 g/mol. The lowest BCUT2D eigenvalue weighted by molar-refractivity contribution is -0.159. The number of benzene rings is 1. The second kappa shape index (κ2) is 5.66. The van der Waals surface area contributed by atoms with Crippen LogP contribution < -0.4 is 5.32 Å². The number of esters is 1. The Morgan fingerprint density at radius 2 is 2.11 bits per heavy atom. The van der Waals surface area contributed by atoms with E-state index in [1.54, 1.807) is 6.92 Å². The molecule has 2 bridgehead atoms. The molecule has 0 spiro atoms. The first-order chi connectivity index (χ1) is 13.0. The van der Waals surface area contributed by atoms with Crippen LogP contribution >= 0.6 is 0 Å². The molecule has 6 heteroatoms. The number of hydrogen-bond acceptors (Lipinski definition) is 5. The first-order valence-electron chi connectivity index (χ1n) is 9.63. The SMILES string of the molecule is COC(=O)[C@@]12C[C@H]3C[C@@H](C(C)=O)[C@@H]1NCCc1c2n(c2ccccc12)[C@H]3O. The van der Waals surface area contributed by atoms with Crippen molar-refractivity contribution in [1.82, 2.24) is 9.88 Å². The molecule has 1 aliphatic carbocycles. The van der Waals surface area contributed by atoms with Gasteiger partial charge in [-0.3, -0.25) is 9.59 Å². The van der Waals surface area contributed by atoms with E-state index in [-0.39, 0.29) is 29.6 Å². The number of Topliss-reactive ketones (excluding diaryl/α,β-unsaturated/α-hetero) is 1. The number of aliphatic hydroxyl groups excluding tert-OH is 1. The number of hydrogen-bond donors (Lipinski definition) is 2. The monoisotopic (exact) mass is 368 g/mol. The molecule has 0 radical (unpaired) electrons. The third-order valence-corrected chi connectivity index (χ3v) is 7.01. The number of para-hydroxylation sites is 1. The fourth-order valence-electron chi connectivity index (χ4n) is 6.01. The van der Waals surface area contributed by atoms with Gasteiger partial charge in [0.1, 0.15) is 17.4 Å². The number of nitrogens with zero attached hydrogens (tertiary/aromatic N) is 1. The molecule has 142 valence electrons. The number of nitrogens with one attached hydrogen (secondary N) is 1. The van der Waals surface area contributed by atoms with Crippen LogP contribution in [0.5, 0.6) is 0 Å². The topological polar surface area (TPSA) is 80.6 Å². The van der Waals surface area contributed by atoms with Gasteiger partial charge in [0, 0.05) is 29.0 Å². The highest BCUT2D eigenvalue weighted by atomic mass is 16.5. The highest BCUT2D eigenvalue weighted by Gasteiger charge is 2.63. The fourth-order valence-corrected chi connectivity index (χ4v) is 6.01. The largest absolute Gasteiger partial charge is 0.468 e. The van der Waals surface area contributed by atoms with Gasteiger partial charge in [-0.25, -0.2) is 0 Å². The first-order valence-corrected chi connectivity index (χ1v) is 9.63. The summed E-state index contributed by atoms with van der Waals surface area (Å²) in [4.78, 5) is 25.8. The van der Waals surface area contributed by atoms with E-state index in [9.17, 15) is 14.7 Å². The van der Waals surface area contributed by atoms with Crippen LogP contribution in [0.3, 0.4) is 0 Å². The maximum atomic E-state index is 13.3. The molecule has 3 aliphatic rings. The van der Waals surface area contributed by atoms with E-state index >= 15 is 0 Å². The van der Waals surface area contributed by atoms with Gasteiger partial charge in [0.05, 0.1) is 12.6 Å². The fraction of sp³-hybridized carbons (Fsp3) is 0.524. The van der Waals surface area contributed by atoms with Gasteiger partial charge >= 0.3 is 5.97 Å². The summed E-state index contributed by atoms with van der Waals surface area (Å²) in [6.45, 7) is 2.28. The quantitative estimate of drug-likeness (QED) is 0.789. The summed E-state index contributed by atoms with van der Waals surface area (Å²) in [5.74, 6) is -0.721. The van der Waals surface area contributed by atoms with Gasteiger partial charge in [0.2, 0.25) is 0 Å². The molecule has 2 aromatic rings. The van der Waals surface area contributed by atoms with Gasteiger partial charge < -0.3 is 19.7 Å². The minimum absolute atomic E-state index is 0.0608. The number of aliphatic hydroxyl groups is 1. The van der Waals surface area contributed by atoms with Gasteiger partial charge in [-0.1, -0.05) is 18.2 Å². The van der Waals surface area contributed by atoms with Crippen molar-refractivity contribution in [3.63, 3.8) is 0 Å². The molecular formula is C21H24N2O4. The number of ketones is 1. The van der Waals surface area contributed by atoms with Crippen LogP contribution in [0.4, 0.5) is 0 Å². The predicted molar refractivity (Wildman–Crippen MR) is 99.3 cm³/mol. The van der Waals surface area contributed by atoms with Crippen molar-refractivity contribution in [3.8, 4) is 0 Å². The van der Waals surface area contributed by atoms with E-state index in [1.165, 1.54) is 7.11 Å². The molecule has 0 amide bonds. The molecule has 5 rings (SSSR count). The smallest absolute Gasteiger partial charge is 0.319 e. The van der Waals surface area contributed by atoms with Crippen LogP contribution in [-0.2, 0) is 26.2 Å². The third-order valence-electron chi connectivity index (χ3n) is 7.01. The van der Waals surface area contributed by atoms with E-state index < -0.39 is 11.6 Å². The Morgan fingerprint density at radius 1 is 1.33 bits per heavy atom. The average molecular weight is 368 g/mol. The zero-order valence-corrected chi connectivity index (χ0v) is 15.6. The summed E-state index contributed by atoms with van der Waals surface area (Å²) in [6.07, 6.45) is 1.09. The van der Waals surface area contributed by atoms with Crippen molar-refractivity contribution < 1.29 is 19.4 Å². The normalized spacial score (nSPS) is 34.2. The summed E-state index contributed by atoms with van der Waals surface area (Å²) >= 11 is 0. The van der Waals surface area contributed by atoms with Gasteiger partial charge in [-0.2, -0.15) is 0 Å². The van der Waals surface area contributed by atoms with Gasteiger partial charge in [0.25, 0.3) is 0 Å². The Bertz CT molecular complexity index is 964. The first kappa shape index (κ1) is 17.0. The van der Waals surface area contributed by atoms with Crippen LogP contribution in [-0.4, -0.2) is 41.1 Å². The number of carbonyl (C=O) groups is 2. The summed E-state index contributed by atoms with van der Waals surface area (Å²) in [5.41, 5.74) is 1.95. The Hall–Kier alpha value is -2.18. The lowest BCUT2D eigenvalue weighted by atomic mass is 9.57. The molecule has 1 aromatic heterocycles. The summed E-state index contributed by atoms with van der Waals surface area (Å²) in [6, 6.07) is 7.70. The molecule has 2 aliphatic heterocycles. The van der Waals surface area contributed by atoms with E-state index in [0.717, 1.165) is 28.6 Å². The zero-order valence-electron chi connectivity index (χ0n) is 15.6. The van der Waals surface area contributed by atoms with Crippen LogP contribution in [0, 0.1) is 11.8 Å². The Morgan fingerprint density at radius 3 is 2.85 bits per heavy atom. The highest BCUT2D eigenvalue weighted by Crippen LogP contribution is 2.56. The zero-order chi connectivity index (χ0) is 18.9. The molecule has 2 N–H and O–H groups in total. The molecule has 3 heterocycles. The molecule has 0 unspecified atom stereocenters. The van der Waals surface area contributed by atoms with Crippen molar-refractivity contribution >= 4 is 22.7 Å². The standard InChI is InChI=1S/C21H24N2O4/c1-11(24)15-9-12-10-21(20(26)27-2)17(15)22-8-7-14-13-5-3-4-6-16(13)23(18(14)21)19(12)25/h3-6,12,15,17,19,22,25H,7-10H2,1-2H3/t12-,15+,17+,19+,21+/m1/s1. The molecule has 6 nitrogen and oxygen atoms in total. The lowest BCUT2D eigenvalue weighted by Gasteiger charge is -2.53. The van der Waals surface area contributed by atoms with Crippen molar-refractivity contribution in [2.24, 2.45) is 11.8 Å². The minimum atomic E-state index is -0.946. The van der Waals surface area contributed by atoms with Crippen molar-refractivity contribution in [3.05, 3.63) is 35.5 Å². The average Bonchev–Trinajstić information content (AvgIpc) is 2.89. The number of fused-ring (bicyclic) bond motifs is 4. The van der Waals surface area contributed by atoms with Crippen LogP contribution in [0.1, 0.15) is 37.3 Å². The van der Waals surface area contributed by atoms with Gasteiger partial charge in [-0.05, 0) is 44.4 Å². The van der Waals surface area contributed by atoms with E-state index in [1.807, 2.05) is 22.8 Å².